The van der Waals surface area contributed by atoms with Crippen LogP contribution in [0.3, 0.4) is 0 Å². The zero-order valence-electron chi connectivity index (χ0n) is 12.0. The summed E-state index contributed by atoms with van der Waals surface area (Å²) in [6.45, 7) is 4.61. The quantitative estimate of drug-likeness (QED) is 0.576. The molecular weight excluding hydrogens is 275 g/mol. The summed E-state index contributed by atoms with van der Waals surface area (Å²) in [5.74, 6) is 0.714. The van der Waals surface area contributed by atoms with Gasteiger partial charge in [0.1, 0.15) is 0 Å². The van der Waals surface area contributed by atoms with E-state index in [2.05, 4.69) is 26.0 Å². The first-order chi connectivity index (χ1) is 9.03. The Balaban J connectivity index is 2.12. The van der Waals surface area contributed by atoms with Crippen LogP contribution in [0.1, 0.15) is 51.5 Å². The van der Waals surface area contributed by atoms with Crippen molar-refractivity contribution in [2.75, 3.05) is 0 Å². The van der Waals surface area contributed by atoms with Crippen LogP contribution in [-0.2, 0) is 6.42 Å². The normalized spacial score (nSPS) is 19.8. The fraction of sp³-hybridized carbons (Fsp3) is 0.647. The second kappa shape index (κ2) is 6.50. The van der Waals surface area contributed by atoms with Crippen molar-refractivity contribution >= 4 is 23.2 Å². The molecule has 0 bridgehead atoms. The van der Waals surface area contributed by atoms with Gasteiger partial charge in [-0.15, -0.1) is 11.6 Å². The molecule has 2 heteroatoms. The molecule has 1 saturated carbocycles. The van der Waals surface area contributed by atoms with E-state index in [1.54, 1.807) is 0 Å². The standard InChI is InChI=1S/C17H24Cl2/c1-13(2)12-17(9-5-6-10-17)16(19)11-14-7-3-4-8-15(14)18/h3-4,7-8,13,16H,5-6,9-12H2,1-2H3. The molecule has 1 fully saturated rings. The minimum absolute atomic E-state index is 0.206. The fourth-order valence-electron chi connectivity index (χ4n) is 3.61. The molecule has 0 aliphatic heterocycles. The molecule has 19 heavy (non-hydrogen) atoms. The van der Waals surface area contributed by atoms with Gasteiger partial charge < -0.3 is 0 Å². The van der Waals surface area contributed by atoms with Gasteiger partial charge in [0.2, 0.25) is 0 Å². The molecule has 1 aliphatic rings. The van der Waals surface area contributed by atoms with Gasteiger partial charge in [0, 0.05) is 10.4 Å². The summed E-state index contributed by atoms with van der Waals surface area (Å²) in [7, 11) is 0. The van der Waals surface area contributed by atoms with Crippen LogP contribution in [0.5, 0.6) is 0 Å². The van der Waals surface area contributed by atoms with Crippen molar-refractivity contribution in [1.82, 2.24) is 0 Å². The molecule has 2 rings (SSSR count). The average Bonchev–Trinajstić information content (AvgIpc) is 2.81. The molecule has 0 amide bonds. The molecule has 1 aromatic rings. The van der Waals surface area contributed by atoms with Crippen LogP contribution < -0.4 is 0 Å². The van der Waals surface area contributed by atoms with Gasteiger partial charge in [-0.1, -0.05) is 56.5 Å². The van der Waals surface area contributed by atoms with Crippen molar-refractivity contribution in [2.45, 2.75) is 57.7 Å². The predicted octanol–water partition coefficient (Wildman–Crippen LogP) is 6.10. The molecule has 1 aliphatic carbocycles. The molecule has 0 spiro atoms. The van der Waals surface area contributed by atoms with E-state index in [9.17, 15) is 0 Å². The van der Waals surface area contributed by atoms with Crippen molar-refractivity contribution in [3.63, 3.8) is 0 Å². The highest BCUT2D eigenvalue weighted by atomic mass is 35.5. The predicted molar refractivity (Wildman–Crippen MR) is 85.2 cm³/mol. The van der Waals surface area contributed by atoms with E-state index in [-0.39, 0.29) is 5.38 Å². The molecule has 0 nitrogen and oxygen atoms in total. The molecule has 0 heterocycles. The van der Waals surface area contributed by atoms with E-state index in [1.165, 1.54) is 37.7 Å². The molecule has 0 N–H and O–H groups in total. The van der Waals surface area contributed by atoms with Crippen molar-refractivity contribution in [1.29, 1.82) is 0 Å². The largest absolute Gasteiger partial charge is 0.122 e. The van der Waals surface area contributed by atoms with E-state index in [4.69, 9.17) is 23.2 Å². The minimum atomic E-state index is 0.206. The van der Waals surface area contributed by atoms with Gasteiger partial charge in [-0.05, 0) is 48.6 Å². The average molecular weight is 299 g/mol. The highest BCUT2D eigenvalue weighted by Crippen LogP contribution is 2.49. The Morgan fingerprint density at radius 1 is 1.16 bits per heavy atom. The Morgan fingerprint density at radius 2 is 1.79 bits per heavy atom. The molecular formula is C17H24Cl2. The summed E-state index contributed by atoms with van der Waals surface area (Å²) in [5.41, 5.74) is 1.52. The molecule has 1 atom stereocenters. The number of hydrogen-bond acceptors (Lipinski definition) is 0. The summed E-state index contributed by atoms with van der Waals surface area (Å²) >= 11 is 13.1. The van der Waals surface area contributed by atoms with Crippen LogP contribution in [0, 0.1) is 11.3 Å². The number of hydrogen-bond donors (Lipinski definition) is 0. The Kier molecular flexibility index (Phi) is 5.20. The molecule has 0 aromatic heterocycles. The number of alkyl halides is 1. The monoisotopic (exact) mass is 298 g/mol. The van der Waals surface area contributed by atoms with E-state index < -0.39 is 0 Å². The SMILES string of the molecule is CC(C)CC1(C(Cl)Cc2ccccc2Cl)CCCC1. The first-order valence-corrected chi connectivity index (χ1v) is 8.22. The maximum atomic E-state index is 6.84. The number of rotatable bonds is 5. The van der Waals surface area contributed by atoms with Crippen molar-refractivity contribution in [3.05, 3.63) is 34.9 Å². The topological polar surface area (TPSA) is 0 Å². The Labute approximate surface area is 127 Å². The smallest absolute Gasteiger partial charge is 0.0438 e. The lowest BCUT2D eigenvalue weighted by Gasteiger charge is -2.36. The van der Waals surface area contributed by atoms with E-state index in [0.717, 1.165) is 11.4 Å². The molecule has 106 valence electrons. The van der Waals surface area contributed by atoms with Crippen molar-refractivity contribution < 1.29 is 0 Å². The maximum absolute atomic E-state index is 6.84. The van der Waals surface area contributed by atoms with Crippen LogP contribution in [0.15, 0.2) is 24.3 Å². The molecule has 1 aromatic carbocycles. The van der Waals surface area contributed by atoms with Crippen LogP contribution in [0.4, 0.5) is 0 Å². The highest BCUT2D eigenvalue weighted by Gasteiger charge is 2.40. The third-order valence-electron chi connectivity index (χ3n) is 4.44. The van der Waals surface area contributed by atoms with Gasteiger partial charge in [-0.2, -0.15) is 0 Å². The van der Waals surface area contributed by atoms with Crippen LogP contribution in [-0.4, -0.2) is 5.38 Å². The van der Waals surface area contributed by atoms with E-state index in [1.807, 2.05) is 12.1 Å². The lowest BCUT2D eigenvalue weighted by molar-refractivity contribution is 0.221. The summed E-state index contributed by atoms with van der Waals surface area (Å²) in [6.07, 6.45) is 7.37. The second-order valence-electron chi connectivity index (χ2n) is 6.43. The Hall–Kier alpha value is -0.200. The third-order valence-corrected chi connectivity index (χ3v) is 5.42. The summed E-state index contributed by atoms with van der Waals surface area (Å²) < 4.78 is 0. The third kappa shape index (κ3) is 3.67. The van der Waals surface area contributed by atoms with Gasteiger partial charge in [0.15, 0.2) is 0 Å². The van der Waals surface area contributed by atoms with Gasteiger partial charge in [-0.25, -0.2) is 0 Å². The Morgan fingerprint density at radius 3 is 2.37 bits per heavy atom. The van der Waals surface area contributed by atoms with Crippen molar-refractivity contribution in [2.24, 2.45) is 11.3 Å². The molecule has 0 saturated heterocycles. The van der Waals surface area contributed by atoms with Gasteiger partial charge in [0.25, 0.3) is 0 Å². The summed E-state index contributed by atoms with van der Waals surface area (Å²) in [5, 5.41) is 1.06. The minimum Gasteiger partial charge on any atom is -0.122 e. The lowest BCUT2D eigenvalue weighted by atomic mass is 9.74. The second-order valence-corrected chi connectivity index (χ2v) is 7.36. The van der Waals surface area contributed by atoms with Gasteiger partial charge in [-0.3, -0.25) is 0 Å². The first-order valence-electron chi connectivity index (χ1n) is 7.41. The van der Waals surface area contributed by atoms with Crippen molar-refractivity contribution in [3.8, 4) is 0 Å². The van der Waals surface area contributed by atoms with E-state index >= 15 is 0 Å². The van der Waals surface area contributed by atoms with Crippen LogP contribution in [0.2, 0.25) is 5.02 Å². The first kappa shape index (κ1) is 15.2. The van der Waals surface area contributed by atoms with E-state index in [0.29, 0.717) is 11.3 Å². The molecule has 0 radical (unpaired) electrons. The number of halogens is 2. The zero-order chi connectivity index (χ0) is 13.9. The Bertz CT molecular complexity index is 405. The lowest BCUT2D eigenvalue weighted by Crippen LogP contribution is -2.32. The molecule has 1 unspecified atom stereocenters. The maximum Gasteiger partial charge on any atom is 0.0438 e. The highest BCUT2D eigenvalue weighted by molar-refractivity contribution is 6.31. The van der Waals surface area contributed by atoms with Crippen LogP contribution in [0.25, 0.3) is 0 Å². The summed E-state index contributed by atoms with van der Waals surface area (Å²) in [4.78, 5) is 0. The summed E-state index contributed by atoms with van der Waals surface area (Å²) in [6, 6.07) is 8.10. The van der Waals surface area contributed by atoms with Gasteiger partial charge >= 0.3 is 0 Å². The zero-order valence-corrected chi connectivity index (χ0v) is 13.5. The fourth-order valence-corrected chi connectivity index (χ4v) is 4.30. The van der Waals surface area contributed by atoms with Crippen LogP contribution >= 0.6 is 23.2 Å². The van der Waals surface area contributed by atoms with Gasteiger partial charge in [0.05, 0.1) is 0 Å². The number of benzene rings is 1.